The number of primary amides is 1. The molecule has 22 heavy (non-hydrogen) atoms. The molecule has 0 aliphatic carbocycles. The van der Waals surface area contributed by atoms with Crippen molar-refractivity contribution in [2.75, 3.05) is 11.1 Å². The van der Waals surface area contributed by atoms with E-state index in [4.69, 9.17) is 23.7 Å². The van der Waals surface area contributed by atoms with Crippen LogP contribution < -0.4 is 16.8 Å². The molecule has 0 saturated heterocycles. The summed E-state index contributed by atoms with van der Waals surface area (Å²) in [6.45, 7) is 2.02. The molecule has 5 N–H and O–H groups in total. The van der Waals surface area contributed by atoms with Crippen LogP contribution in [-0.4, -0.2) is 15.9 Å². The minimum atomic E-state index is -0.479. The van der Waals surface area contributed by atoms with E-state index < -0.39 is 5.91 Å². The molecule has 114 valence electrons. The molecule has 0 spiro atoms. The lowest BCUT2D eigenvalue weighted by Crippen LogP contribution is -2.19. The normalized spacial score (nSPS) is 10.2. The second kappa shape index (κ2) is 7.00. The maximum absolute atomic E-state index is 11.5. The number of rotatable bonds is 5. The van der Waals surface area contributed by atoms with Crippen LogP contribution in [0.4, 0.5) is 11.4 Å². The molecule has 0 radical (unpaired) electrons. The Kier molecular flexibility index (Phi) is 5.06. The molecule has 2 rings (SSSR count). The largest absolute Gasteiger partial charge is 0.398 e. The van der Waals surface area contributed by atoms with E-state index in [-0.39, 0.29) is 0 Å². The van der Waals surface area contributed by atoms with Crippen molar-refractivity contribution in [3.05, 3.63) is 53.3 Å². The SMILES string of the molecule is CCCc1c(C(N)=O)ccc(C(=S)Nc2cccnc2)c1N. The number of nitrogens with two attached hydrogens (primary N) is 2. The molecule has 0 fully saturated rings. The van der Waals surface area contributed by atoms with Gasteiger partial charge in [-0.25, -0.2) is 0 Å². The van der Waals surface area contributed by atoms with Gasteiger partial charge in [-0.15, -0.1) is 0 Å². The zero-order chi connectivity index (χ0) is 16.1. The quantitative estimate of drug-likeness (QED) is 0.582. The van der Waals surface area contributed by atoms with Crippen LogP contribution >= 0.6 is 12.2 Å². The zero-order valence-electron chi connectivity index (χ0n) is 12.3. The average molecular weight is 314 g/mol. The smallest absolute Gasteiger partial charge is 0.249 e. The summed E-state index contributed by atoms with van der Waals surface area (Å²) in [5.74, 6) is -0.479. The Morgan fingerprint density at radius 1 is 1.32 bits per heavy atom. The number of benzene rings is 1. The molecule has 0 aliphatic rings. The second-order valence-electron chi connectivity index (χ2n) is 4.86. The molecule has 0 unspecified atom stereocenters. The fraction of sp³-hybridized carbons (Fsp3) is 0.188. The van der Waals surface area contributed by atoms with E-state index in [1.54, 1.807) is 24.5 Å². The number of carbonyl (C=O) groups is 1. The van der Waals surface area contributed by atoms with E-state index in [1.807, 2.05) is 19.1 Å². The summed E-state index contributed by atoms with van der Waals surface area (Å²) < 4.78 is 0. The van der Waals surface area contributed by atoms with Gasteiger partial charge in [-0.2, -0.15) is 0 Å². The summed E-state index contributed by atoms with van der Waals surface area (Å²) in [5.41, 5.74) is 14.8. The Morgan fingerprint density at radius 3 is 2.64 bits per heavy atom. The number of nitrogen functional groups attached to an aromatic ring is 1. The van der Waals surface area contributed by atoms with E-state index in [9.17, 15) is 4.79 Å². The molecule has 6 heteroatoms. The van der Waals surface area contributed by atoms with Gasteiger partial charge in [0.05, 0.1) is 11.9 Å². The lowest BCUT2D eigenvalue weighted by molar-refractivity contribution is 0.0999. The number of amides is 1. The van der Waals surface area contributed by atoms with Gasteiger partial charge in [0.25, 0.3) is 0 Å². The van der Waals surface area contributed by atoms with E-state index in [1.165, 1.54) is 0 Å². The Labute approximate surface area is 134 Å². The fourth-order valence-electron chi connectivity index (χ4n) is 2.25. The van der Waals surface area contributed by atoms with Gasteiger partial charge in [-0.1, -0.05) is 25.6 Å². The number of hydrogen-bond donors (Lipinski definition) is 3. The third-order valence-electron chi connectivity index (χ3n) is 3.29. The van der Waals surface area contributed by atoms with Crippen molar-refractivity contribution in [2.24, 2.45) is 5.73 Å². The Morgan fingerprint density at radius 2 is 2.05 bits per heavy atom. The van der Waals surface area contributed by atoms with Crippen LogP contribution in [0.25, 0.3) is 0 Å². The average Bonchev–Trinajstić information content (AvgIpc) is 2.50. The first-order valence-electron chi connectivity index (χ1n) is 6.97. The molecule has 1 aromatic carbocycles. The maximum Gasteiger partial charge on any atom is 0.249 e. The monoisotopic (exact) mass is 314 g/mol. The van der Waals surface area contributed by atoms with Crippen LogP contribution in [0, 0.1) is 0 Å². The van der Waals surface area contributed by atoms with Crippen LogP contribution in [0.1, 0.15) is 34.8 Å². The molecular weight excluding hydrogens is 296 g/mol. The molecule has 0 saturated carbocycles. The third kappa shape index (κ3) is 3.40. The summed E-state index contributed by atoms with van der Waals surface area (Å²) in [6.07, 6.45) is 4.89. The highest BCUT2D eigenvalue weighted by molar-refractivity contribution is 7.81. The van der Waals surface area contributed by atoms with Gasteiger partial charge in [0.2, 0.25) is 5.91 Å². The molecule has 1 aromatic heterocycles. The Hall–Kier alpha value is -2.47. The first-order valence-corrected chi connectivity index (χ1v) is 7.38. The lowest BCUT2D eigenvalue weighted by Gasteiger charge is -2.15. The first-order chi connectivity index (χ1) is 10.5. The molecule has 1 amide bonds. The Balaban J connectivity index is 2.37. The van der Waals surface area contributed by atoms with Crippen LogP contribution in [0.15, 0.2) is 36.7 Å². The number of aromatic nitrogens is 1. The van der Waals surface area contributed by atoms with Gasteiger partial charge in [0.15, 0.2) is 0 Å². The Bertz CT molecular complexity index is 701. The molecule has 5 nitrogen and oxygen atoms in total. The zero-order valence-corrected chi connectivity index (χ0v) is 13.1. The predicted octanol–water partition coefficient (Wildman–Crippen LogP) is 2.50. The molecule has 1 heterocycles. The number of nitrogens with zero attached hydrogens (tertiary/aromatic N) is 1. The van der Waals surface area contributed by atoms with Gasteiger partial charge >= 0.3 is 0 Å². The van der Waals surface area contributed by atoms with Gasteiger partial charge in [0.1, 0.15) is 4.99 Å². The minimum Gasteiger partial charge on any atom is -0.398 e. The topological polar surface area (TPSA) is 94.0 Å². The standard InChI is InChI=1S/C16H18N4OS/c1-2-4-11-12(15(18)21)6-7-13(14(11)17)16(22)20-10-5-3-8-19-9-10/h3,5-9H,2,4,17H2,1H3,(H2,18,21)(H,20,22). The summed E-state index contributed by atoms with van der Waals surface area (Å²) in [6, 6.07) is 7.07. The van der Waals surface area contributed by atoms with Crippen LogP contribution in [0.2, 0.25) is 0 Å². The number of hydrogen-bond acceptors (Lipinski definition) is 4. The summed E-state index contributed by atoms with van der Waals surface area (Å²) in [7, 11) is 0. The third-order valence-corrected chi connectivity index (χ3v) is 3.61. The number of anilines is 2. The first kappa shape index (κ1) is 15.9. The van der Waals surface area contributed by atoms with Crippen molar-refractivity contribution in [1.29, 1.82) is 0 Å². The number of pyridine rings is 1. The fourth-order valence-corrected chi connectivity index (χ4v) is 2.54. The summed E-state index contributed by atoms with van der Waals surface area (Å²) >= 11 is 5.41. The molecular formula is C16H18N4OS. The van der Waals surface area contributed by atoms with Gasteiger partial charge < -0.3 is 16.8 Å². The minimum absolute atomic E-state index is 0.451. The number of carbonyl (C=O) groups excluding carboxylic acids is 1. The van der Waals surface area contributed by atoms with Crippen LogP contribution in [0.3, 0.4) is 0 Å². The van der Waals surface area contributed by atoms with E-state index >= 15 is 0 Å². The molecule has 0 aliphatic heterocycles. The van der Waals surface area contributed by atoms with Gasteiger partial charge in [-0.05, 0) is 36.2 Å². The summed E-state index contributed by atoms with van der Waals surface area (Å²) in [5, 5.41) is 3.09. The van der Waals surface area contributed by atoms with Gasteiger partial charge in [0, 0.05) is 23.0 Å². The van der Waals surface area contributed by atoms with Crippen molar-refractivity contribution in [1.82, 2.24) is 4.98 Å². The summed E-state index contributed by atoms with van der Waals surface area (Å²) in [4.78, 5) is 16.0. The predicted molar refractivity (Wildman–Crippen MR) is 92.9 cm³/mol. The van der Waals surface area contributed by atoms with Crippen molar-refractivity contribution >= 4 is 34.5 Å². The van der Waals surface area contributed by atoms with Crippen LogP contribution in [0.5, 0.6) is 0 Å². The molecule has 2 aromatic rings. The molecule has 0 atom stereocenters. The van der Waals surface area contributed by atoms with Gasteiger partial charge in [-0.3, -0.25) is 9.78 Å². The van der Waals surface area contributed by atoms with Crippen molar-refractivity contribution in [3.63, 3.8) is 0 Å². The van der Waals surface area contributed by atoms with E-state index in [2.05, 4.69) is 10.3 Å². The highest BCUT2D eigenvalue weighted by Gasteiger charge is 2.16. The van der Waals surface area contributed by atoms with E-state index in [0.29, 0.717) is 28.2 Å². The van der Waals surface area contributed by atoms with Crippen molar-refractivity contribution < 1.29 is 4.79 Å². The van der Waals surface area contributed by atoms with Crippen molar-refractivity contribution in [3.8, 4) is 0 Å². The number of nitrogens with one attached hydrogen (secondary N) is 1. The lowest BCUT2D eigenvalue weighted by atomic mass is 9.97. The van der Waals surface area contributed by atoms with Crippen molar-refractivity contribution in [2.45, 2.75) is 19.8 Å². The maximum atomic E-state index is 11.5. The highest BCUT2D eigenvalue weighted by atomic mass is 32.1. The van der Waals surface area contributed by atoms with E-state index in [0.717, 1.165) is 17.7 Å². The number of thiocarbonyl (C=S) groups is 1. The second-order valence-corrected chi connectivity index (χ2v) is 5.27. The highest BCUT2D eigenvalue weighted by Crippen LogP contribution is 2.25. The molecule has 0 bridgehead atoms. The van der Waals surface area contributed by atoms with Crippen LogP contribution in [-0.2, 0) is 6.42 Å².